The number of thiocarbonyl (C=S) groups is 1. The molecule has 0 aliphatic heterocycles. The van der Waals surface area contributed by atoms with E-state index in [1.165, 1.54) is 0 Å². The molecule has 2 rings (SSSR count). The van der Waals surface area contributed by atoms with Crippen LogP contribution in [0, 0.1) is 0 Å². The molecular weight excluding hydrogens is 402 g/mol. The highest BCUT2D eigenvalue weighted by Gasteiger charge is 2.06. The molecule has 30 heavy (non-hydrogen) atoms. The number of ether oxygens (including phenoxy) is 1. The predicted octanol–water partition coefficient (Wildman–Crippen LogP) is 3.19. The van der Waals surface area contributed by atoms with Crippen LogP contribution in [0.3, 0.4) is 0 Å². The summed E-state index contributed by atoms with van der Waals surface area (Å²) < 4.78 is 4.69. The summed E-state index contributed by atoms with van der Waals surface area (Å²) in [5, 5.41) is 8.18. The monoisotopic (exact) mass is 425 g/mol. The van der Waals surface area contributed by atoms with E-state index >= 15 is 0 Å². The molecule has 0 saturated carbocycles. The van der Waals surface area contributed by atoms with Crippen LogP contribution in [0.25, 0.3) is 0 Å². The quantitative estimate of drug-likeness (QED) is 0.342. The largest absolute Gasteiger partial charge is 0.463 e. The lowest BCUT2D eigenvalue weighted by atomic mass is 10.1. The number of carbonyl (C=O) groups is 3. The van der Waals surface area contributed by atoms with Crippen molar-refractivity contribution in [3.8, 4) is 0 Å². The van der Waals surface area contributed by atoms with Gasteiger partial charge in [0.15, 0.2) is 5.11 Å². The summed E-state index contributed by atoms with van der Waals surface area (Å²) in [4.78, 5) is 35.1. The van der Waals surface area contributed by atoms with Gasteiger partial charge in [-0.25, -0.2) is 4.79 Å². The Bertz CT molecular complexity index is 929. The Labute approximate surface area is 180 Å². The van der Waals surface area contributed by atoms with Crippen LogP contribution >= 0.6 is 12.2 Å². The number of hydrogen-bond acceptors (Lipinski definition) is 5. The Morgan fingerprint density at radius 1 is 0.967 bits per heavy atom. The normalized spacial score (nSPS) is 10.3. The molecular formula is C22H23N3O4S. The molecule has 8 heteroatoms. The Hall–Kier alpha value is -3.52. The molecule has 0 aromatic heterocycles. The fraction of sp³-hybridized carbons (Fsp3) is 0.182. The number of hydrogen-bond donors (Lipinski definition) is 3. The first-order valence-electron chi connectivity index (χ1n) is 9.37. The van der Waals surface area contributed by atoms with E-state index < -0.39 is 11.9 Å². The minimum atomic E-state index is -0.609. The van der Waals surface area contributed by atoms with Crippen LogP contribution < -0.4 is 16.0 Å². The maximum atomic E-state index is 12.2. The molecule has 0 aliphatic carbocycles. The third-order valence-electron chi connectivity index (χ3n) is 3.78. The van der Waals surface area contributed by atoms with Gasteiger partial charge >= 0.3 is 5.97 Å². The molecule has 0 unspecified atom stereocenters. The van der Waals surface area contributed by atoms with Gasteiger partial charge in [0.2, 0.25) is 11.8 Å². The number of benzene rings is 2. The highest BCUT2D eigenvalue weighted by atomic mass is 32.1. The predicted molar refractivity (Wildman–Crippen MR) is 120 cm³/mol. The molecule has 0 radical (unpaired) electrons. The molecule has 2 aromatic rings. The average molecular weight is 426 g/mol. The second-order valence-electron chi connectivity index (χ2n) is 6.14. The van der Waals surface area contributed by atoms with Gasteiger partial charge in [-0.1, -0.05) is 36.4 Å². The van der Waals surface area contributed by atoms with Crippen LogP contribution in [-0.2, 0) is 25.5 Å². The summed E-state index contributed by atoms with van der Waals surface area (Å²) in [5.74, 6) is -1.27. The molecule has 0 fully saturated rings. The van der Waals surface area contributed by atoms with Crippen molar-refractivity contribution in [2.75, 3.05) is 17.2 Å². The molecule has 7 nitrogen and oxygen atoms in total. The van der Waals surface area contributed by atoms with E-state index in [0.29, 0.717) is 24.2 Å². The van der Waals surface area contributed by atoms with Crippen molar-refractivity contribution in [3.05, 3.63) is 72.3 Å². The molecule has 0 spiro atoms. The fourth-order valence-electron chi connectivity index (χ4n) is 2.45. The summed E-state index contributed by atoms with van der Waals surface area (Å²) in [5.41, 5.74) is 2.30. The molecule has 2 aromatic carbocycles. The maximum absolute atomic E-state index is 12.2. The van der Waals surface area contributed by atoms with Gasteiger partial charge in [0, 0.05) is 29.9 Å². The zero-order chi connectivity index (χ0) is 21.8. The molecule has 0 saturated heterocycles. The molecule has 0 atom stereocenters. The number of anilines is 2. The highest BCUT2D eigenvalue weighted by Crippen LogP contribution is 2.15. The van der Waals surface area contributed by atoms with Crippen molar-refractivity contribution in [1.29, 1.82) is 0 Å². The molecule has 2 amide bonds. The second-order valence-corrected chi connectivity index (χ2v) is 6.55. The van der Waals surface area contributed by atoms with E-state index in [0.717, 1.165) is 17.7 Å². The van der Waals surface area contributed by atoms with Gasteiger partial charge in [-0.2, -0.15) is 0 Å². The minimum Gasteiger partial charge on any atom is -0.463 e. The summed E-state index contributed by atoms with van der Waals surface area (Å²) in [6.07, 6.45) is 3.07. The lowest BCUT2D eigenvalue weighted by molar-refractivity contribution is -0.137. The smallest absolute Gasteiger partial charge is 0.330 e. The van der Waals surface area contributed by atoms with Crippen molar-refractivity contribution < 1.29 is 19.1 Å². The number of amides is 2. The van der Waals surface area contributed by atoms with E-state index in [2.05, 4.69) is 16.0 Å². The molecule has 0 heterocycles. The molecule has 3 N–H and O–H groups in total. The number of aryl methyl sites for hydroxylation is 1. The third-order valence-corrected chi connectivity index (χ3v) is 3.99. The van der Waals surface area contributed by atoms with Crippen LogP contribution in [0.5, 0.6) is 0 Å². The molecule has 0 bridgehead atoms. The third kappa shape index (κ3) is 8.66. The first kappa shape index (κ1) is 22.8. The number of carbonyl (C=O) groups excluding carboxylic acids is 3. The van der Waals surface area contributed by atoms with Gasteiger partial charge in [0.1, 0.15) is 0 Å². The van der Waals surface area contributed by atoms with Crippen LogP contribution in [0.1, 0.15) is 18.9 Å². The lowest BCUT2D eigenvalue weighted by Gasteiger charge is -2.10. The van der Waals surface area contributed by atoms with Crippen LogP contribution in [0.4, 0.5) is 11.4 Å². The zero-order valence-electron chi connectivity index (χ0n) is 16.5. The summed E-state index contributed by atoms with van der Waals surface area (Å²) in [7, 11) is 0. The first-order valence-corrected chi connectivity index (χ1v) is 9.77. The topological polar surface area (TPSA) is 96.5 Å². The van der Waals surface area contributed by atoms with Gasteiger partial charge in [-0.15, -0.1) is 0 Å². The number of esters is 1. The zero-order valence-corrected chi connectivity index (χ0v) is 17.3. The Morgan fingerprint density at radius 3 is 2.37 bits per heavy atom. The van der Waals surface area contributed by atoms with E-state index in [4.69, 9.17) is 17.0 Å². The van der Waals surface area contributed by atoms with Crippen LogP contribution in [0.2, 0.25) is 0 Å². The van der Waals surface area contributed by atoms with Gasteiger partial charge in [0.05, 0.1) is 6.61 Å². The molecule has 0 aliphatic rings. The SMILES string of the molecule is CCOC(=O)/C=C/C(=O)NC(=S)Nc1cccc(NC(=O)CCc2ccccc2)c1. The van der Waals surface area contributed by atoms with E-state index in [-0.39, 0.29) is 17.6 Å². The van der Waals surface area contributed by atoms with E-state index in [9.17, 15) is 14.4 Å². The summed E-state index contributed by atoms with van der Waals surface area (Å²) in [6, 6.07) is 16.7. The van der Waals surface area contributed by atoms with Crippen LogP contribution in [0.15, 0.2) is 66.7 Å². The standard InChI is InChI=1S/C22H23N3O4S/c1-2-29-21(28)14-13-20(27)25-22(30)24-18-10-6-9-17(15-18)23-19(26)12-11-16-7-4-3-5-8-16/h3-10,13-15H,2,11-12H2,1H3,(H,23,26)(H2,24,25,27,30)/b14-13+. The lowest BCUT2D eigenvalue weighted by Crippen LogP contribution is -2.33. The van der Waals surface area contributed by atoms with E-state index in [1.54, 1.807) is 31.2 Å². The Balaban J connectivity index is 1.82. The minimum absolute atomic E-state index is 0.0565. The average Bonchev–Trinajstić information content (AvgIpc) is 2.72. The van der Waals surface area contributed by atoms with Gasteiger partial charge in [-0.3, -0.25) is 14.9 Å². The van der Waals surface area contributed by atoms with Crippen molar-refractivity contribution in [1.82, 2.24) is 5.32 Å². The number of nitrogens with one attached hydrogen (secondary N) is 3. The summed E-state index contributed by atoms with van der Waals surface area (Å²) in [6.45, 7) is 1.90. The van der Waals surface area contributed by atoms with Crippen molar-refractivity contribution in [2.24, 2.45) is 0 Å². The summed E-state index contributed by atoms with van der Waals surface area (Å²) >= 11 is 5.09. The first-order chi connectivity index (χ1) is 14.5. The molecule has 156 valence electrons. The number of rotatable bonds is 8. The Kier molecular flexibility index (Phi) is 9.20. The van der Waals surface area contributed by atoms with Crippen molar-refractivity contribution in [2.45, 2.75) is 19.8 Å². The second kappa shape index (κ2) is 12.1. The van der Waals surface area contributed by atoms with Crippen LogP contribution in [-0.4, -0.2) is 29.5 Å². The maximum Gasteiger partial charge on any atom is 0.330 e. The van der Waals surface area contributed by atoms with Gasteiger partial charge in [-0.05, 0) is 49.3 Å². The fourth-order valence-corrected chi connectivity index (χ4v) is 2.67. The van der Waals surface area contributed by atoms with Crippen molar-refractivity contribution >= 4 is 46.5 Å². The highest BCUT2D eigenvalue weighted by molar-refractivity contribution is 7.80. The van der Waals surface area contributed by atoms with Crippen molar-refractivity contribution in [3.63, 3.8) is 0 Å². The van der Waals surface area contributed by atoms with Gasteiger partial charge < -0.3 is 15.4 Å². The Morgan fingerprint density at radius 2 is 1.67 bits per heavy atom. The van der Waals surface area contributed by atoms with Gasteiger partial charge in [0.25, 0.3) is 0 Å². The van der Waals surface area contributed by atoms with E-state index in [1.807, 2.05) is 30.3 Å².